The lowest BCUT2D eigenvalue weighted by Crippen LogP contribution is -2.52. The minimum Gasteiger partial charge on any atom is -0.756 e. The van der Waals surface area contributed by atoms with E-state index < -0.39 is 32.5 Å². The van der Waals surface area contributed by atoms with E-state index in [-0.39, 0.29) is 32.6 Å². The highest BCUT2D eigenvalue weighted by molar-refractivity contribution is 7.45. The fourth-order valence-electron chi connectivity index (χ4n) is 7.38. The normalized spacial score (nSPS) is 13.7. The number of rotatable bonds is 51. The van der Waals surface area contributed by atoms with Gasteiger partial charge in [-0.25, -0.2) is 0 Å². The molecule has 0 saturated heterocycles. The highest BCUT2D eigenvalue weighted by Crippen LogP contribution is 2.38. The van der Waals surface area contributed by atoms with Gasteiger partial charge < -0.3 is 29.1 Å². The summed E-state index contributed by atoms with van der Waals surface area (Å²) in [5.74, 6) is -0.946. The fourth-order valence-corrected chi connectivity index (χ4v) is 8.15. The van der Waals surface area contributed by atoms with E-state index in [4.69, 9.17) is 18.5 Å². The molecule has 0 aliphatic heterocycles. The summed E-state index contributed by atoms with van der Waals surface area (Å²) >= 11 is 0. The second-order valence-corrected chi connectivity index (χ2v) is 19.5. The molecule has 0 saturated carbocycles. The van der Waals surface area contributed by atoms with Crippen molar-refractivity contribution < 1.29 is 43.3 Å². The second kappa shape index (κ2) is 52.8. The third-order valence-corrected chi connectivity index (χ3v) is 12.4. The van der Waals surface area contributed by atoms with Crippen LogP contribution in [-0.4, -0.2) is 44.4 Å². The fraction of sp³-hybridized carbons (Fsp3) is 0.754. The first kappa shape index (κ1) is 64.5. The van der Waals surface area contributed by atoms with Crippen molar-refractivity contribution in [2.75, 3.05) is 26.4 Å². The average molecular weight is 960 g/mol. The highest BCUT2D eigenvalue weighted by Gasteiger charge is 2.21. The summed E-state index contributed by atoms with van der Waals surface area (Å²) in [4.78, 5) is 37.2. The van der Waals surface area contributed by atoms with Crippen molar-refractivity contribution in [3.8, 4) is 0 Å². The van der Waals surface area contributed by atoms with E-state index in [0.717, 1.165) is 51.4 Å². The first-order valence-electron chi connectivity index (χ1n) is 27.5. The van der Waals surface area contributed by atoms with Gasteiger partial charge in [0.15, 0.2) is 6.10 Å². The number of ether oxygens (including phenoxy) is 2. The number of allylic oxidation sites excluding steroid dienone is 12. The Kier molecular flexibility index (Phi) is 50.8. The molecular weight excluding hydrogens is 858 g/mol. The Morgan fingerprint density at radius 1 is 0.433 bits per heavy atom. The van der Waals surface area contributed by atoms with Crippen LogP contribution in [0.1, 0.15) is 245 Å². The Morgan fingerprint density at radius 2 is 0.746 bits per heavy atom. The molecule has 0 bridgehead atoms. The number of unbranched alkanes of at least 4 members (excludes halogenated alkanes) is 26. The Bertz CT molecular complexity index is 1320. The number of phosphoric acid groups is 1. The van der Waals surface area contributed by atoms with Crippen LogP contribution in [0, 0.1) is 0 Å². The van der Waals surface area contributed by atoms with Gasteiger partial charge in [0.05, 0.1) is 13.2 Å². The van der Waals surface area contributed by atoms with Gasteiger partial charge in [-0.3, -0.25) is 14.2 Å². The van der Waals surface area contributed by atoms with Gasteiger partial charge in [0.25, 0.3) is 7.82 Å². The van der Waals surface area contributed by atoms with Crippen molar-refractivity contribution in [3.05, 3.63) is 72.9 Å². The van der Waals surface area contributed by atoms with Crippen LogP contribution in [0.25, 0.3) is 0 Å². The smallest absolute Gasteiger partial charge is 0.306 e. The lowest BCUT2D eigenvalue weighted by atomic mass is 10.1. The molecule has 0 aliphatic carbocycles. The number of quaternary nitrogens is 1. The molecule has 1 unspecified atom stereocenters. The Labute approximate surface area is 411 Å². The molecule has 388 valence electrons. The van der Waals surface area contributed by atoms with Gasteiger partial charge in [-0.1, -0.05) is 177 Å². The minimum atomic E-state index is -4.62. The zero-order valence-corrected chi connectivity index (χ0v) is 44.1. The van der Waals surface area contributed by atoms with Crippen LogP contribution in [0.15, 0.2) is 72.9 Å². The van der Waals surface area contributed by atoms with Crippen molar-refractivity contribution in [3.63, 3.8) is 0 Å². The molecule has 3 N–H and O–H groups in total. The Morgan fingerprint density at radius 3 is 1.10 bits per heavy atom. The van der Waals surface area contributed by atoms with Crippen LogP contribution < -0.4 is 10.6 Å². The van der Waals surface area contributed by atoms with Crippen LogP contribution in [0.5, 0.6) is 0 Å². The molecule has 0 fully saturated rings. The van der Waals surface area contributed by atoms with Gasteiger partial charge in [0.1, 0.15) is 13.2 Å². The molecule has 0 aromatic carbocycles. The van der Waals surface area contributed by atoms with Crippen LogP contribution in [0.2, 0.25) is 0 Å². The van der Waals surface area contributed by atoms with Crippen LogP contribution in [0.3, 0.4) is 0 Å². The van der Waals surface area contributed by atoms with Gasteiger partial charge in [-0.15, -0.1) is 0 Å². The van der Waals surface area contributed by atoms with E-state index in [0.29, 0.717) is 12.8 Å². The summed E-state index contributed by atoms with van der Waals surface area (Å²) in [7, 11) is -4.62. The molecule has 0 aliphatic rings. The molecule has 0 rings (SSSR count). The maximum atomic E-state index is 12.6. The summed E-state index contributed by atoms with van der Waals surface area (Å²) in [6.45, 7) is 3.85. The second-order valence-electron chi connectivity index (χ2n) is 18.1. The first-order chi connectivity index (χ1) is 32.8. The summed E-state index contributed by atoms with van der Waals surface area (Å²) in [6, 6.07) is 0. The van der Waals surface area contributed by atoms with E-state index in [1.807, 2.05) is 0 Å². The van der Waals surface area contributed by atoms with Crippen molar-refractivity contribution in [1.29, 1.82) is 0 Å². The maximum absolute atomic E-state index is 12.6. The zero-order valence-electron chi connectivity index (χ0n) is 43.2. The third-order valence-electron chi connectivity index (χ3n) is 11.5. The number of esters is 2. The van der Waals surface area contributed by atoms with Gasteiger partial charge >= 0.3 is 11.9 Å². The topological polar surface area (TPSA) is 139 Å². The van der Waals surface area contributed by atoms with Crippen molar-refractivity contribution in [2.24, 2.45) is 0 Å². The van der Waals surface area contributed by atoms with Gasteiger partial charge in [0.2, 0.25) is 0 Å². The number of phosphoric ester groups is 1. The maximum Gasteiger partial charge on any atom is 0.306 e. The lowest BCUT2D eigenvalue weighted by molar-refractivity contribution is -0.373. The zero-order chi connectivity index (χ0) is 48.8. The molecule has 0 radical (unpaired) electrons. The van der Waals surface area contributed by atoms with Crippen molar-refractivity contribution in [2.45, 2.75) is 251 Å². The number of carbonyl (C=O) groups is 2. The molecule has 0 spiro atoms. The summed E-state index contributed by atoms with van der Waals surface area (Å²) < 4.78 is 32.6. The van der Waals surface area contributed by atoms with Crippen LogP contribution >= 0.6 is 7.82 Å². The van der Waals surface area contributed by atoms with Crippen molar-refractivity contribution in [1.82, 2.24) is 0 Å². The Balaban J connectivity index is 4.13. The van der Waals surface area contributed by atoms with Gasteiger partial charge in [-0.05, 0) is 128 Å². The molecule has 0 aromatic heterocycles. The quantitative estimate of drug-likeness (QED) is 0.0275. The van der Waals surface area contributed by atoms with E-state index >= 15 is 0 Å². The lowest BCUT2D eigenvalue weighted by Gasteiger charge is -2.25. The molecule has 0 aromatic rings. The number of hydrogen-bond acceptors (Lipinski definition) is 8. The predicted octanol–water partition coefficient (Wildman–Crippen LogP) is 15.6. The Hall–Kier alpha value is -2.55. The van der Waals surface area contributed by atoms with E-state index in [9.17, 15) is 19.0 Å². The molecule has 0 heterocycles. The van der Waals surface area contributed by atoms with E-state index in [1.54, 1.807) is 0 Å². The van der Waals surface area contributed by atoms with Crippen LogP contribution in [-0.2, 0) is 32.7 Å². The monoisotopic (exact) mass is 960 g/mol. The van der Waals surface area contributed by atoms with E-state index in [1.165, 1.54) is 154 Å². The first-order valence-corrected chi connectivity index (χ1v) is 28.9. The molecule has 0 amide bonds. The number of carbonyl (C=O) groups excluding carboxylic acids is 2. The molecule has 2 atom stereocenters. The SMILES string of the molecule is CCCCCC/C=C/CCCCCCCC/C=C/CC/C=C/CCCC(=O)OC[C@H](COP(=O)([O-])OCC[NH3+])OC(=O)CCC/C=C/CC/C=C/CCCCCCCC/C=C/CCCCCC. The standard InChI is InChI=1S/C57H102NO8P/c1-3-5-7-9-11-13-15-17-19-21-23-25-27-29-31-33-35-37-39-41-43-45-47-49-56(59)63-53-55(54-65-67(61,62)64-52-51-58)66-57(60)50-48-46-44-42-40-38-36-34-32-30-28-26-24-22-20-18-16-14-12-10-8-6-4-2/h13-16,33-36,41-44,55H,3-12,17-32,37-40,45-54,58H2,1-2H3,(H,61,62)/b15-13+,16-14+,35-33+,36-34+,43-41+,44-42+/t55-/m1/s1. The highest BCUT2D eigenvalue weighted by atomic mass is 31.2. The average Bonchev–Trinajstić information content (AvgIpc) is 3.32. The molecule has 67 heavy (non-hydrogen) atoms. The predicted molar refractivity (Wildman–Crippen MR) is 281 cm³/mol. The number of hydrogen-bond donors (Lipinski definition) is 1. The summed E-state index contributed by atoms with van der Waals surface area (Å²) in [5, 5.41) is 0. The van der Waals surface area contributed by atoms with Gasteiger partial charge in [0, 0.05) is 12.8 Å². The third kappa shape index (κ3) is 52.7. The summed E-state index contributed by atoms with van der Waals surface area (Å²) in [5.41, 5.74) is 3.56. The molecule has 9 nitrogen and oxygen atoms in total. The van der Waals surface area contributed by atoms with E-state index in [2.05, 4.69) is 92.5 Å². The van der Waals surface area contributed by atoms with Crippen LogP contribution in [0.4, 0.5) is 0 Å². The minimum absolute atomic E-state index is 0.120. The summed E-state index contributed by atoms with van der Waals surface area (Å²) in [6.07, 6.45) is 66.8. The van der Waals surface area contributed by atoms with Gasteiger partial charge in [-0.2, -0.15) is 0 Å². The molecule has 10 heteroatoms. The van der Waals surface area contributed by atoms with Crippen molar-refractivity contribution >= 4 is 19.8 Å². The molecular formula is C57H102NO8P. The largest absolute Gasteiger partial charge is 0.756 e.